The monoisotopic (exact) mass is 267 g/mol. The molecular weight excluding hydrogens is 238 g/mol. The number of amides is 1. The Kier molecular flexibility index (Phi) is 7.11. The van der Waals surface area contributed by atoms with Crippen molar-refractivity contribution < 1.29 is 9.59 Å². The zero-order chi connectivity index (χ0) is 14.3. The van der Waals surface area contributed by atoms with Gasteiger partial charge in [-0.25, -0.2) is 0 Å². The smallest absolute Gasteiger partial charge is 0.223 e. The number of hydrogen-bond donors (Lipinski definition) is 0. The molecule has 3 nitrogen and oxygen atoms in total. The van der Waals surface area contributed by atoms with Gasteiger partial charge in [0.05, 0.1) is 6.54 Å². The van der Waals surface area contributed by atoms with E-state index >= 15 is 0 Å². The van der Waals surface area contributed by atoms with Crippen LogP contribution in [0.15, 0.2) is 0 Å². The van der Waals surface area contributed by atoms with Gasteiger partial charge in [0, 0.05) is 19.4 Å². The molecule has 0 N–H and O–H groups in total. The highest BCUT2D eigenvalue weighted by Gasteiger charge is 2.31. The largest absolute Gasteiger partial charge is 0.338 e. The molecule has 1 fully saturated rings. The number of likely N-dealkylation sites (N-methyl/N-ethyl adjacent to an activating group) is 1. The van der Waals surface area contributed by atoms with Crippen molar-refractivity contribution in [2.75, 3.05) is 13.6 Å². The van der Waals surface area contributed by atoms with E-state index in [2.05, 4.69) is 13.8 Å². The van der Waals surface area contributed by atoms with Gasteiger partial charge >= 0.3 is 0 Å². The summed E-state index contributed by atoms with van der Waals surface area (Å²) < 4.78 is 0. The molecule has 0 bridgehead atoms. The number of rotatable bonds is 8. The van der Waals surface area contributed by atoms with E-state index in [1.165, 1.54) is 38.5 Å². The lowest BCUT2D eigenvalue weighted by atomic mass is 9.82. The van der Waals surface area contributed by atoms with Gasteiger partial charge in [0.2, 0.25) is 5.91 Å². The quantitative estimate of drug-likeness (QED) is 0.632. The SMILES string of the molecule is CCCCCC(CCC)CC1CC(=O)N(C)CC1=O. The van der Waals surface area contributed by atoms with Crippen molar-refractivity contribution in [2.45, 2.75) is 65.2 Å². The van der Waals surface area contributed by atoms with E-state index in [0.717, 1.165) is 6.42 Å². The van der Waals surface area contributed by atoms with Gasteiger partial charge in [-0.05, 0) is 12.3 Å². The van der Waals surface area contributed by atoms with Gasteiger partial charge in [-0.15, -0.1) is 0 Å². The van der Waals surface area contributed by atoms with Crippen LogP contribution in [0.3, 0.4) is 0 Å². The molecule has 1 rings (SSSR count). The Morgan fingerprint density at radius 3 is 2.53 bits per heavy atom. The van der Waals surface area contributed by atoms with Crippen LogP contribution in [0.2, 0.25) is 0 Å². The number of hydrogen-bond acceptors (Lipinski definition) is 2. The summed E-state index contributed by atoms with van der Waals surface area (Å²) in [5.41, 5.74) is 0. The summed E-state index contributed by atoms with van der Waals surface area (Å²) in [6.45, 7) is 4.74. The average Bonchev–Trinajstić information content (AvgIpc) is 2.36. The number of unbranched alkanes of at least 4 members (excludes halogenated alkanes) is 2. The zero-order valence-electron chi connectivity index (χ0n) is 12.8. The maximum absolute atomic E-state index is 12.0. The van der Waals surface area contributed by atoms with Crippen molar-refractivity contribution in [3.05, 3.63) is 0 Å². The van der Waals surface area contributed by atoms with E-state index in [-0.39, 0.29) is 17.6 Å². The van der Waals surface area contributed by atoms with Crippen LogP contribution in [-0.2, 0) is 9.59 Å². The number of nitrogens with zero attached hydrogens (tertiary/aromatic N) is 1. The van der Waals surface area contributed by atoms with Gasteiger partial charge in [-0.3, -0.25) is 9.59 Å². The summed E-state index contributed by atoms with van der Waals surface area (Å²) in [5.74, 6) is 1.01. The molecule has 0 spiro atoms. The fraction of sp³-hybridized carbons (Fsp3) is 0.875. The van der Waals surface area contributed by atoms with E-state index in [1.54, 1.807) is 11.9 Å². The third-order valence-corrected chi connectivity index (χ3v) is 4.23. The Labute approximate surface area is 117 Å². The predicted octanol–water partition coefficient (Wildman–Crippen LogP) is 3.42. The molecule has 1 aliphatic heterocycles. The molecule has 2 unspecified atom stereocenters. The Morgan fingerprint density at radius 1 is 1.16 bits per heavy atom. The van der Waals surface area contributed by atoms with Crippen molar-refractivity contribution in [1.29, 1.82) is 0 Å². The number of Topliss-reactive ketones (excluding diaryl/α,β-unsaturated/α-hetero) is 1. The van der Waals surface area contributed by atoms with Gasteiger partial charge in [-0.1, -0.05) is 52.4 Å². The molecule has 0 aromatic heterocycles. The van der Waals surface area contributed by atoms with Gasteiger partial charge < -0.3 is 4.90 Å². The fourth-order valence-corrected chi connectivity index (χ4v) is 3.02. The van der Waals surface area contributed by atoms with Crippen LogP contribution in [0.25, 0.3) is 0 Å². The van der Waals surface area contributed by atoms with Gasteiger partial charge in [0.25, 0.3) is 0 Å². The van der Waals surface area contributed by atoms with E-state index in [9.17, 15) is 9.59 Å². The first-order chi connectivity index (χ1) is 9.08. The Balaban J connectivity index is 2.47. The predicted molar refractivity (Wildman–Crippen MR) is 77.9 cm³/mol. The number of carbonyl (C=O) groups is 2. The minimum Gasteiger partial charge on any atom is -0.338 e. The molecule has 1 heterocycles. The normalized spacial score (nSPS) is 21.8. The van der Waals surface area contributed by atoms with Crippen LogP contribution in [-0.4, -0.2) is 30.2 Å². The maximum atomic E-state index is 12.0. The third-order valence-electron chi connectivity index (χ3n) is 4.23. The Bertz CT molecular complexity index is 301. The van der Waals surface area contributed by atoms with Crippen LogP contribution in [0.4, 0.5) is 0 Å². The number of piperidine rings is 1. The molecule has 3 heteroatoms. The summed E-state index contributed by atoms with van der Waals surface area (Å²) in [5, 5.41) is 0. The second-order valence-electron chi connectivity index (χ2n) is 6.00. The van der Waals surface area contributed by atoms with Crippen molar-refractivity contribution in [3.8, 4) is 0 Å². The lowest BCUT2D eigenvalue weighted by Crippen LogP contribution is -2.43. The lowest BCUT2D eigenvalue weighted by Gasteiger charge is -2.30. The first kappa shape index (κ1) is 16.2. The van der Waals surface area contributed by atoms with Crippen LogP contribution < -0.4 is 0 Å². The van der Waals surface area contributed by atoms with Crippen LogP contribution >= 0.6 is 0 Å². The highest BCUT2D eigenvalue weighted by molar-refractivity contribution is 5.94. The summed E-state index contributed by atoms with van der Waals surface area (Å²) in [7, 11) is 1.72. The third kappa shape index (κ3) is 5.33. The lowest BCUT2D eigenvalue weighted by molar-refractivity contribution is -0.143. The fourth-order valence-electron chi connectivity index (χ4n) is 3.02. The molecule has 0 radical (unpaired) electrons. The van der Waals surface area contributed by atoms with E-state index in [1.807, 2.05) is 0 Å². The molecule has 0 saturated carbocycles. The minimum absolute atomic E-state index is 0.0122. The second kappa shape index (κ2) is 8.34. The molecule has 2 atom stereocenters. The molecule has 0 aromatic carbocycles. The van der Waals surface area contributed by atoms with Gasteiger partial charge in [-0.2, -0.15) is 0 Å². The highest BCUT2D eigenvalue weighted by atomic mass is 16.2. The molecule has 1 saturated heterocycles. The van der Waals surface area contributed by atoms with Gasteiger partial charge in [0.1, 0.15) is 0 Å². The topological polar surface area (TPSA) is 37.4 Å². The zero-order valence-corrected chi connectivity index (χ0v) is 12.8. The molecule has 0 aromatic rings. The average molecular weight is 267 g/mol. The molecule has 1 amide bonds. The summed E-state index contributed by atoms with van der Waals surface area (Å²) in [6, 6.07) is 0. The first-order valence-corrected chi connectivity index (χ1v) is 7.85. The Morgan fingerprint density at radius 2 is 1.89 bits per heavy atom. The Hall–Kier alpha value is -0.860. The molecule has 0 aliphatic carbocycles. The van der Waals surface area contributed by atoms with Crippen molar-refractivity contribution in [3.63, 3.8) is 0 Å². The molecule has 110 valence electrons. The summed E-state index contributed by atoms with van der Waals surface area (Å²) in [6.07, 6.45) is 8.72. The van der Waals surface area contributed by atoms with E-state index < -0.39 is 0 Å². The van der Waals surface area contributed by atoms with Crippen molar-refractivity contribution in [1.82, 2.24) is 4.90 Å². The summed E-state index contributed by atoms with van der Waals surface area (Å²) >= 11 is 0. The minimum atomic E-state index is -0.0122. The van der Waals surface area contributed by atoms with E-state index in [4.69, 9.17) is 0 Å². The number of likely N-dealkylation sites (tertiary alicyclic amines) is 1. The number of ketones is 1. The second-order valence-corrected chi connectivity index (χ2v) is 6.00. The summed E-state index contributed by atoms with van der Waals surface area (Å²) in [4.78, 5) is 25.3. The number of carbonyl (C=O) groups excluding carboxylic acids is 2. The molecular formula is C16H29NO2. The standard InChI is InChI=1S/C16H29NO2/c1-4-6-7-9-13(8-5-2)10-14-11-16(19)17(3)12-15(14)18/h13-14H,4-12H2,1-3H3. The van der Waals surface area contributed by atoms with E-state index in [0.29, 0.717) is 18.9 Å². The van der Waals surface area contributed by atoms with Crippen molar-refractivity contribution in [2.24, 2.45) is 11.8 Å². The highest BCUT2D eigenvalue weighted by Crippen LogP contribution is 2.28. The van der Waals surface area contributed by atoms with Gasteiger partial charge in [0.15, 0.2) is 5.78 Å². The van der Waals surface area contributed by atoms with Crippen molar-refractivity contribution >= 4 is 11.7 Å². The maximum Gasteiger partial charge on any atom is 0.223 e. The molecule has 1 aliphatic rings. The first-order valence-electron chi connectivity index (χ1n) is 7.85. The van der Waals surface area contributed by atoms with Crippen LogP contribution in [0.1, 0.15) is 65.2 Å². The van der Waals surface area contributed by atoms with Crippen LogP contribution in [0, 0.1) is 11.8 Å². The molecule has 19 heavy (non-hydrogen) atoms. The van der Waals surface area contributed by atoms with Crippen LogP contribution in [0.5, 0.6) is 0 Å².